The maximum atomic E-state index is 5.67. The molecule has 1 fully saturated rings. The van der Waals surface area contributed by atoms with Gasteiger partial charge in [0.15, 0.2) is 0 Å². The molecule has 1 unspecified atom stereocenters. The predicted octanol–water partition coefficient (Wildman–Crippen LogP) is 2.23. The second kappa shape index (κ2) is 8.02. The highest BCUT2D eigenvalue weighted by atomic mass is 16.5. The van der Waals surface area contributed by atoms with E-state index < -0.39 is 0 Å². The number of nitrogens with one attached hydrogen (secondary N) is 1. The first kappa shape index (κ1) is 14.2. The topological polar surface area (TPSA) is 39.7 Å². The highest BCUT2D eigenvalue weighted by molar-refractivity contribution is 5.32. The van der Waals surface area contributed by atoms with Gasteiger partial charge in [-0.05, 0) is 31.9 Å². The molecule has 1 aromatic carbocycles. The zero-order valence-corrected chi connectivity index (χ0v) is 11.6. The smallest absolute Gasteiger partial charge is 0.123 e. The summed E-state index contributed by atoms with van der Waals surface area (Å²) in [4.78, 5) is 0. The second-order valence-electron chi connectivity index (χ2n) is 4.60. The maximum Gasteiger partial charge on any atom is 0.123 e. The molecule has 0 amide bonds. The van der Waals surface area contributed by atoms with Crippen molar-refractivity contribution in [2.75, 3.05) is 32.9 Å². The zero-order chi connectivity index (χ0) is 13.3. The summed E-state index contributed by atoms with van der Waals surface area (Å²) in [6.07, 6.45) is 2.75. The van der Waals surface area contributed by atoms with Crippen LogP contribution in [0, 0.1) is 0 Å². The largest absolute Gasteiger partial charge is 0.494 e. The summed E-state index contributed by atoms with van der Waals surface area (Å²) in [6.45, 7) is 5.96. The quantitative estimate of drug-likeness (QED) is 0.732. The molecule has 0 bridgehead atoms. The SMILES string of the molecule is CCOc1cccc(OCCNCC2CCCO2)c1. The molecule has 106 valence electrons. The molecule has 1 heterocycles. The van der Waals surface area contributed by atoms with E-state index in [1.165, 1.54) is 12.8 Å². The predicted molar refractivity (Wildman–Crippen MR) is 74.9 cm³/mol. The minimum absolute atomic E-state index is 0.390. The van der Waals surface area contributed by atoms with Crippen LogP contribution in [-0.2, 0) is 4.74 Å². The minimum Gasteiger partial charge on any atom is -0.494 e. The molecule has 4 nitrogen and oxygen atoms in total. The van der Waals surface area contributed by atoms with Crippen LogP contribution in [0.15, 0.2) is 24.3 Å². The Labute approximate surface area is 115 Å². The van der Waals surface area contributed by atoms with Crippen molar-refractivity contribution in [2.45, 2.75) is 25.9 Å². The van der Waals surface area contributed by atoms with Crippen LogP contribution in [0.25, 0.3) is 0 Å². The Morgan fingerprint density at radius 3 is 2.89 bits per heavy atom. The molecule has 0 spiro atoms. The van der Waals surface area contributed by atoms with Gasteiger partial charge in [0.25, 0.3) is 0 Å². The molecule has 0 aromatic heterocycles. The first-order chi connectivity index (χ1) is 9.38. The molecule has 0 saturated carbocycles. The monoisotopic (exact) mass is 265 g/mol. The van der Waals surface area contributed by atoms with Gasteiger partial charge in [0.1, 0.15) is 18.1 Å². The van der Waals surface area contributed by atoms with Crippen molar-refractivity contribution in [1.82, 2.24) is 5.32 Å². The molecule has 2 rings (SSSR count). The van der Waals surface area contributed by atoms with Crippen LogP contribution in [-0.4, -0.2) is 39.0 Å². The van der Waals surface area contributed by atoms with Crippen molar-refractivity contribution in [2.24, 2.45) is 0 Å². The van der Waals surface area contributed by atoms with Gasteiger partial charge in [-0.15, -0.1) is 0 Å². The lowest BCUT2D eigenvalue weighted by molar-refractivity contribution is 0.109. The number of hydrogen-bond acceptors (Lipinski definition) is 4. The second-order valence-corrected chi connectivity index (χ2v) is 4.60. The van der Waals surface area contributed by atoms with Crippen molar-refractivity contribution in [3.05, 3.63) is 24.3 Å². The van der Waals surface area contributed by atoms with E-state index in [1.807, 2.05) is 31.2 Å². The molecule has 1 N–H and O–H groups in total. The standard InChI is InChI=1S/C15H23NO3/c1-2-17-13-5-3-6-14(11-13)19-10-8-16-12-15-7-4-9-18-15/h3,5-6,11,15-16H,2,4,7-10,12H2,1H3. The summed E-state index contributed by atoms with van der Waals surface area (Å²) in [5.74, 6) is 1.71. The summed E-state index contributed by atoms with van der Waals surface area (Å²) in [6, 6.07) is 7.75. The van der Waals surface area contributed by atoms with E-state index in [0.717, 1.165) is 31.2 Å². The minimum atomic E-state index is 0.390. The van der Waals surface area contributed by atoms with Crippen LogP contribution in [0.5, 0.6) is 11.5 Å². The van der Waals surface area contributed by atoms with Crippen molar-refractivity contribution in [1.29, 1.82) is 0 Å². The lowest BCUT2D eigenvalue weighted by Crippen LogP contribution is -2.29. The third kappa shape index (κ3) is 5.09. The molecule has 1 aromatic rings. The fourth-order valence-electron chi connectivity index (χ4n) is 2.13. The summed E-state index contributed by atoms with van der Waals surface area (Å²) >= 11 is 0. The molecular formula is C15H23NO3. The average Bonchev–Trinajstić information content (AvgIpc) is 2.92. The molecule has 1 atom stereocenters. The van der Waals surface area contributed by atoms with Crippen molar-refractivity contribution < 1.29 is 14.2 Å². The molecule has 1 aliphatic rings. The number of rotatable bonds is 8. The normalized spacial score (nSPS) is 18.5. The average molecular weight is 265 g/mol. The number of hydrogen-bond donors (Lipinski definition) is 1. The van der Waals surface area contributed by atoms with E-state index in [0.29, 0.717) is 19.3 Å². The van der Waals surface area contributed by atoms with Crippen molar-refractivity contribution in [3.8, 4) is 11.5 Å². The molecule has 1 saturated heterocycles. The maximum absolute atomic E-state index is 5.67. The molecule has 0 aliphatic carbocycles. The van der Waals surface area contributed by atoms with Crippen LogP contribution >= 0.6 is 0 Å². The van der Waals surface area contributed by atoms with E-state index in [2.05, 4.69) is 5.32 Å². The van der Waals surface area contributed by atoms with E-state index in [4.69, 9.17) is 14.2 Å². The lowest BCUT2D eigenvalue weighted by Gasteiger charge is -2.12. The molecule has 19 heavy (non-hydrogen) atoms. The van der Waals surface area contributed by atoms with Gasteiger partial charge in [-0.3, -0.25) is 0 Å². The van der Waals surface area contributed by atoms with Crippen molar-refractivity contribution in [3.63, 3.8) is 0 Å². The first-order valence-electron chi connectivity index (χ1n) is 7.06. The summed E-state index contributed by atoms with van der Waals surface area (Å²) in [5, 5.41) is 3.36. The van der Waals surface area contributed by atoms with Crippen LogP contribution < -0.4 is 14.8 Å². The van der Waals surface area contributed by atoms with E-state index in [1.54, 1.807) is 0 Å². The number of benzene rings is 1. The van der Waals surface area contributed by atoms with Gasteiger partial charge in [0.05, 0.1) is 12.7 Å². The van der Waals surface area contributed by atoms with Crippen LogP contribution in [0.2, 0.25) is 0 Å². The van der Waals surface area contributed by atoms with Gasteiger partial charge in [-0.2, -0.15) is 0 Å². The molecular weight excluding hydrogens is 242 g/mol. The molecule has 4 heteroatoms. The van der Waals surface area contributed by atoms with Gasteiger partial charge in [0.2, 0.25) is 0 Å². The highest BCUT2D eigenvalue weighted by Gasteiger charge is 2.14. The highest BCUT2D eigenvalue weighted by Crippen LogP contribution is 2.19. The van der Waals surface area contributed by atoms with Gasteiger partial charge < -0.3 is 19.5 Å². The van der Waals surface area contributed by atoms with Gasteiger partial charge in [-0.1, -0.05) is 6.07 Å². The van der Waals surface area contributed by atoms with E-state index in [9.17, 15) is 0 Å². The summed E-state index contributed by atoms with van der Waals surface area (Å²) in [7, 11) is 0. The van der Waals surface area contributed by atoms with Gasteiger partial charge in [-0.25, -0.2) is 0 Å². The van der Waals surface area contributed by atoms with Gasteiger partial charge in [0, 0.05) is 25.8 Å². The Morgan fingerprint density at radius 1 is 1.32 bits per heavy atom. The van der Waals surface area contributed by atoms with E-state index in [-0.39, 0.29) is 0 Å². The summed E-state index contributed by atoms with van der Waals surface area (Å²) in [5.41, 5.74) is 0. The Balaban J connectivity index is 1.60. The van der Waals surface area contributed by atoms with Gasteiger partial charge >= 0.3 is 0 Å². The van der Waals surface area contributed by atoms with Crippen LogP contribution in [0.3, 0.4) is 0 Å². The third-order valence-corrected chi connectivity index (χ3v) is 3.06. The van der Waals surface area contributed by atoms with Crippen LogP contribution in [0.1, 0.15) is 19.8 Å². The Hall–Kier alpha value is -1.26. The zero-order valence-electron chi connectivity index (χ0n) is 11.6. The van der Waals surface area contributed by atoms with Crippen LogP contribution in [0.4, 0.5) is 0 Å². The van der Waals surface area contributed by atoms with E-state index >= 15 is 0 Å². The summed E-state index contributed by atoms with van der Waals surface area (Å²) < 4.78 is 16.6. The molecule has 1 aliphatic heterocycles. The fourth-order valence-corrected chi connectivity index (χ4v) is 2.13. The first-order valence-corrected chi connectivity index (χ1v) is 7.06. The Kier molecular flexibility index (Phi) is 5.98. The third-order valence-electron chi connectivity index (χ3n) is 3.06. The fraction of sp³-hybridized carbons (Fsp3) is 0.600. The van der Waals surface area contributed by atoms with Crippen molar-refractivity contribution >= 4 is 0 Å². The molecule has 0 radical (unpaired) electrons. The lowest BCUT2D eigenvalue weighted by atomic mass is 10.2. The Morgan fingerprint density at radius 2 is 2.16 bits per heavy atom. The Bertz CT molecular complexity index is 364. The number of ether oxygens (including phenoxy) is 3.